The first-order chi connectivity index (χ1) is 15.3. The van der Waals surface area contributed by atoms with Gasteiger partial charge in [0.05, 0.1) is 12.2 Å². The number of hydrogen-bond donors (Lipinski definition) is 2. The zero-order valence-electron chi connectivity index (χ0n) is 17.7. The van der Waals surface area contributed by atoms with Gasteiger partial charge < -0.3 is 25.0 Å². The number of nitrogens with two attached hydrogens (primary N) is 1. The van der Waals surface area contributed by atoms with Gasteiger partial charge >= 0.3 is 0 Å². The Morgan fingerprint density at radius 1 is 1.13 bits per heavy atom. The number of likely N-dealkylation sites (tertiary alicyclic amines) is 1. The number of nitrogens with one attached hydrogen (secondary N) is 1. The monoisotopic (exact) mass is 419 g/mol. The number of nitrogens with zero attached hydrogens (tertiary/aromatic N) is 5. The standard InChI is InChI=1S/C23H29N7O/c24-12-15-29-13-10-18(11-14-29)25-23-26-19-8-4-5-9-20(19)30(23)16-21-27-22(31-28-21)17-6-2-1-3-7-17/h1-4,6-8,18H,5,9-16,24H2,(H,25,26). The minimum Gasteiger partial charge on any atom is -0.353 e. The van der Waals surface area contributed by atoms with E-state index < -0.39 is 0 Å². The van der Waals surface area contributed by atoms with Crippen molar-refractivity contribution in [2.24, 2.45) is 5.73 Å². The summed E-state index contributed by atoms with van der Waals surface area (Å²) in [6.07, 6.45) is 8.49. The van der Waals surface area contributed by atoms with E-state index in [9.17, 15) is 0 Å². The highest BCUT2D eigenvalue weighted by atomic mass is 16.5. The molecule has 0 bridgehead atoms. The van der Waals surface area contributed by atoms with E-state index in [2.05, 4.69) is 37.1 Å². The van der Waals surface area contributed by atoms with Crippen molar-refractivity contribution >= 4 is 12.0 Å². The number of rotatable bonds is 7. The maximum Gasteiger partial charge on any atom is 0.257 e. The summed E-state index contributed by atoms with van der Waals surface area (Å²) in [5.41, 5.74) is 8.91. The Labute approximate surface area is 182 Å². The number of hydrogen-bond acceptors (Lipinski definition) is 7. The van der Waals surface area contributed by atoms with Crippen molar-refractivity contribution in [3.05, 3.63) is 53.6 Å². The van der Waals surface area contributed by atoms with Gasteiger partial charge in [0.15, 0.2) is 5.82 Å². The van der Waals surface area contributed by atoms with Crippen molar-refractivity contribution in [2.45, 2.75) is 38.3 Å². The van der Waals surface area contributed by atoms with Gasteiger partial charge in [0.25, 0.3) is 5.89 Å². The zero-order valence-corrected chi connectivity index (χ0v) is 17.7. The Morgan fingerprint density at radius 2 is 1.97 bits per heavy atom. The summed E-state index contributed by atoms with van der Waals surface area (Å²) in [7, 11) is 0. The predicted molar refractivity (Wildman–Crippen MR) is 121 cm³/mol. The third-order valence-electron chi connectivity index (χ3n) is 6.08. The van der Waals surface area contributed by atoms with E-state index in [4.69, 9.17) is 15.2 Å². The molecule has 1 aliphatic carbocycles. The molecule has 0 radical (unpaired) electrons. The summed E-state index contributed by atoms with van der Waals surface area (Å²) >= 11 is 0. The molecular weight excluding hydrogens is 390 g/mol. The van der Waals surface area contributed by atoms with Crippen molar-refractivity contribution in [1.29, 1.82) is 0 Å². The van der Waals surface area contributed by atoms with Gasteiger partial charge in [-0.2, -0.15) is 4.98 Å². The SMILES string of the molecule is NCCN1CCC(Nc2nc3c(n2Cc2noc(-c4ccccc4)n2)CCC=C3)CC1. The quantitative estimate of drug-likeness (QED) is 0.608. The van der Waals surface area contributed by atoms with Crippen LogP contribution in [0.2, 0.25) is 0 Å². The van der Waals surface area contributed by atoms with Gasteiger partial charge in [0, 0.05) is 43.5 Å². The van der Waals surface area contributed by atoms with E-state index in [1.54, 1.807) is 0 Å². The highest BCUT2D eigenvalue weighted by Gasteiger charge is 2.24. The lowest BCUT2D eigenvalue weighted by Crippen LogP contribution is -2.41. The molecule has 1 aromatic carbocycles. The Balaban J connectivity index is 1.35. The van der Waals surface area contributed by atoms with Crippen LogP contribution in [0, 0.1) is 0 Å². The number of benzene rings is 1. The van der Waals surface area contributed by atoms with Crippen LogP contribution in [0.4, 0.5) is 5.95 Å². The largest absolute Gasteiger partial charge is 0.353 e. The van der Waals surface area contributed by atoms with Gasteiger partial charge in [-0.1, -0.05) is 29.4 Å². The van der Waals surface area contributed by atoms with Gasteiger partial charge in [0.2, 0.25) is 5.95 Å². The molecule has 0 spiro atoms. The van der Waals surface area contributed by atoms with Crippen molar-refractivity contribution in [2.75, 3.05) is 31.5 Å². The van der Waals surface area contributed by atoms with Crippen LogP contribution in [0.3, 0.4) is 0 Å². The summed E-state index contributed by atoms with van der Waals surface area (Å²) in [4.78, 5) is 12.0. The maximum atomic E-state index is 5.71. The normalized spacial score (nSPS) is 17.1. The fourth-order valence-corrected chi connectivity index (χ4v) is 4.42. The lowest BCUT2D eigenvalue weighted by Gasteiger charge is -2.32. The second-order valence-electron chi connectivity index (χ2n) is 8.23. The van der Waals surface area contributed by atoms with Crippen molar-refractivity contribution < 1.29 is 4.52 Å². The molecular formula is C23H29N7O. The van der Waals surface area contributed by atoms with E-state index in [0.29, 0.717) is 24.3 Å². The van der Waals surface area contributed by atoms with Gasteiger partial charge in [-0.15, -0.1) is 0 Å². The third-order valence-corrected chi connectivity index (χ3v) is 6.08. The molecule has 0 amide bonds. The molecule has 5 rings (SSSR count). The molecule has 8 nitrogen and oxygen atoms in total. The van der Waals surface area contributed by atoms with Crippen LogP contribution in [0.25, 0.3) is 17.5 Å². The van der Waals surface area contributed by atoms with Crippen LogP contribution in [0.5, 0.6) is 0 Å². The maximum absolute atomic E-state index is 5.71. The Bertz CT molecular complexity index is 1030. The molecule has 8 heteroatoms. The van der Waals surface area contributed by atoms with Gasteiger partial charge in [-0.05, 0) is 43.9 Å². The number of allylic oxidation sites excluding steroid dienone is 1. The zero-order chi connectivity index (χ0) is 21.0. The highest BCUT2D eigenvalue weighted by Crippen LogP contribution is 2.26. The molecule has 1 fully saturated rings. The van der Waals surface area contributed by atoms with E-state index in [0.717, 1.165) is 69.1 Å². The minimum absolute atomic E-state index is 0.408. The molecule has 3 aromatic rings. The van der Waals surface area contributed by atoms with E-state index in [1.165, 1.54) is 5.69 Å². The topological polar surface area (TPSA) is 98.0 Å². The molecule has 0 atom stereocenters. The van der Waals surface area contributed by atoms with E-state index >= 15 is 0 Å². The first-order valence-corrected chi connectivity index (χ1v) is 11.1. The van der Waals surface area contributed by atoms with Gasteiger partial charge in [-0.3, -0.25) is 0 Å². The minimum atomic E-state index is 0.408. The summed E-state index contributed by atoms with van der Waals surface area (Å²) in [5, 5.41) is 7.94. The molecule has 2 aliphatic rings. The van der Waals surface area contributed by atoms with Gasteiger partial charge in [-0.25, -0.2) is 4.98 Å². The van der Waals surface area contributed by atoms with E-state index in [1.807, 2.05) is 30.3 Å². The Morgan fingerprint density at radius 3 is 2.77 bits per heavy atom. The van der Waals surface area contributed by atoms with Gasteiger partial charge in [0.1, 0.15) is 0 Å². The lowest BCUT2D eigenvalue weighted by molar-refractivity contribution is 0.224. The average Bonchev–Trinajstić information content (AvgIpc) is 3.41. The molecule has 31 heavy (non-hydrogen) atoms. The number of anilines is 1. The number of aromatic nitrogens is 4. The average molecular weight is 420 g/mol. The Hall–Kier alpha value is -2.97. The summed E-state index contributed by atoms with van der Waals surface area (Å²) < 4.78 is 7.75. The van der Waals surface area contributed by atoms with Crippen LogP contribution in [-0.4, -0.2) is 56.8 Å². The molecule has 2 aromatic heterocycles. The molecule has 162 valence electrons. The second kappa shape index (κ2) is 9.03. The van der Waals surface area contributed by atoms with E-state index in [-0.39, 0.29) is 0 Å². The first kappa shape index (κ1) is 20.0. The predicted octanol–water partition coefficient (Wildman–Crippen LogP) is 2.78. The third kappa shape index (κ3) is 4.40. The summed E-state index contributed by atoms with van der Waals surface area (Å²) in [6.45, 7) is 4.38. The van der Waals surface area contributed by atoms with Crippen molar-refractivity contribution in [1.82, 2.24) is 24.6 Å². The number of fused-ring (bicyclic) bond motifs is 1. The number of piperidine rings is 1. The van der Waals surface area contributed by atoms with Crippen molar-refractivity contribution in [3.8, 4) is 11.5 Å². The molecule has 0 saturated carbocycles. The van der Waals surface area contributed by atoms with Crippen LogP contribution in [0.1, 0.15) is 36.5 Å². The van der Waals surface area contributed by atoms with Crippen LogP contribution in [-0.2, 0) is 13.0 Å². The second-order valence-corrected chi connectivity index (χ2v) is 8.23. The molecule has 0 unspecified atom stereocenters. The fraction of sp³-hybridized carbons (Fsp3) is 0.435. The lowest BCUT2D eigenvalue weighted by atomic mass is 10.1. The summed E-state index contributed by atoms with van der Waals surface area (Å²) in [6, 6.07) is 10.3. The fourth-order valence-electron chi connectivity index (χ4n) is 4.42. The highest BCUT2D eigenvalue weighted by molar-refractivity contribution is 5.55. The van der Waals surface area contributed by atoms with Crippen LogP contribution >= 0.6 is 0 Å². The smallest absolute Gasteiger partial charge is 0.257 e. The van der Waals surface area contributed by atoms with Crippen molar-refractivity contribution in [3.63, 3.8) is 0 Å². The molecule has 3 heterocycles. The summed E-state index contributed by atoms with van der Waals surface area (Å²) in [5.74, 6) is 2.11. The first-order valence-electron chi connectivity index (χ1n) is 11.1. The van der Waals surface area contributed by atoms with Crippen LogP contribution < -0.4 is 11.1 Å². The Kier molecular flexibility index (Phi) is 5.82. The molecule has 1 aliphatic heterocycles. The van der Waals surface area contributed by atoms with Crippen LogP contribution in [0.15, 0.2) is 40.9 Å². The number of imidazole rings is 1. The molecule has 3 N–H and O–H groups in total. The molecule has 1 saturated heterocycles.